The molecule has 8 unspecified atom stereocenters. The van der Waals surface area contributed by atoms with Crippen LogP contribution in [0, 0.1) is 50.2 Å². The standard InChI is InChI=1S/C31H50O7/c1-26(2,3)30(11,24(33)36-16-18-15-35-18)28(7,8)29(9,10)31(12,27(4,5)6)25(34)38-21-17-13-19-20(14-17)23(32)37-22(19)21/h17-22H,13-16H2,1-12H3. The summed E-state index contributed by atoms with van der Waals surface area (Å²) in [5, 5.41) is 0. The zero-order valence-corrected chi connectivity index (χ0v) is 25.7. The van der Waals surface area contributed by atoms with Crippen LogP contribution < -0.4 is 0 Å². The molecule has 8 atom stereocenters. The lowest BCUT2D eigenvalue weighted by atomic mass is 9.39. The molecule has 2 saturated heterocycles. The lowest BCUT2D eigenvalue weighted by Gasteiger charge is -2.64. The highest BCUT2D eigenvalue weighted by molar-refractivity contribution is 5.82. The van der Waals surface area contributed by atoms with Gasteiger partial charge in [-0.2, -0.15) is 0 Å². The third kappa shape index (κ3) is 3.88. The van der Waals surface area contributed by atoms with E-state index in [1.54, 1.807) is 0 Å². The summed E-state index contributed by atoms with van der Waals surface area (Å²) in [5.41, 5.74) is -4.40. The van der Waals surface area contributed by atoms with Crippen LogP contribution in [0.5, 0.6) is 0 Å². The molecule has 216 valence electrons. The molecule has 0 aromatic rings. The van der Waals surface area contributed by atoms with Gasteiger partial charge >= 0.3 is 17.9 Å². The van der Waals surface area contributed by atoms with Gasteiger partial charge in [0.05, 0.1) is 23.4 Å². The first kappa shape index (κ1) is 29.4. The van der Waals surface area contributed by atoms with Crippen molar-refractivity contribution in [1.82, 2.24) is 0 Å². The Morgan fingerprint density at radius 3 is 1.79 bits per heavy atom. The molecular formula is C31H50O7. The zero-order chi connectivity index (χ0) is 28.9. The van der Waals surface area contributed by atoms with Crippen LogP contribution in [0.15, 0.2) is 0 Å². The summed E-state index contributed by atoms with van der Waals surface area (Å²) < 4.78 is 23.2. The monoisotopic (exact) mass is 534 g/mol. The van der Waals surface area contributed by atoms with Gasteiger partial charge in [0, 0.05) is 11.8 Å². The van der Waals surface area contributed by atoms with E-state index in [9.17, 15) is 14.4 Å². The molecule has 2 aliphatic carbocycles. The Bertz CT molecular complexity index is 995. The van der Waals surface area contributed by atoms with Gasteiger partial charge in [-0.1, -0.05) is 69.2 Å². The van der Waals surface area contributed by atoms with Crippen molar-refractivity contribution >= 4 is 17.9 Å². The Hall–Kier alpha value is -1.63. The van der Waals surface area contributed by atoms with Crippen molar-refractivity contribution in [3.05, 3.63) is 0 Å². The van der Waals surface area contributed by atoms with Crippen LogP contribution >= 0.6 is 0 Å². The molecule has 4 fully saturated rings. The van der Waals surface area contributed by atoms with E-state index in [0.717, 1.165) is 12.8 Å². The molecule has 0 spiro atoms. The SMILES string of the molecule is CC(C)(C)C(C)(C(=O)OCC1CO1)C(C)(C)C(C)(C)C(C)(C(=O)OC1C2CC3C(=O)OC1C3C2)C(C)(C)C. The number of hydrogen-bond acceptors (Lipinski definition) is 7. The summed E-state index contributed by atoms with van der Waals surface area (Å²) in [6.07, 6.45) is 0.833. The molecule has 2 bridgehead atoms. The Morgan fingerprint density at radius 1 is 0.816 bits per heavy atom. The van der Waals surface area contributed by atoms with Crippen LogP contribution in [0.3, 0.4) is 0 Å². The zero-order valence-electron chi connectivity index (χ0n) is 25.7. The Morgan fingerprint density at radius 2 is 1.32 bits per heavy atom. The van der Waals surface area contributed by atoms with Gasteiger partial charge in [0.15, 0.2) is 0 Å². The number of epoxide rings is 1. The molecular weight excluding hydrogens is 484 g/mol. The third-order valence-corrected chi connectivity index (χ3v) is 12.3. The van der Waals surface area contributed by atoms with Crippen molar-refractivity contribution in [3.8, 4) is 0 Å². The van der Waals surface area contributed by atoms with Gasteiger partial charge in [0.2, 0.25) is 0 Å². The van der Waals surface area contributed by atoms with Crippen molar-refractivity contribution in [3.63, 3.8) is 0 Å². The molecule has 0 amide bonds. The third-order valence-electron chi connectivity index (χ3n) is 12.3. The van der Waals surface area contributed by atoms with E-state index in [1.807, 2.05) is 13.8 Å². The summed E-state index contributed by atoms with van der Waals surface area (Å²) >= 11 is 0. The smallest absolute Gasteiger partial charge is 0.313 e. The molecule has 0 N–H and O–H groups in total. The van der Waals surface area contributed by atoms with Crippen molar-refractivity contribution in [2.75, 3.05) is 13.2 Å². The van der Waals surface area contributed by atoms with E-state index in [0.29, 0.717) is 6.61 Å². The number of ether oxygens (including phenoxy) is 4. The number of carbonyl (C=O) groups excluding carboxylic acids is 3. The molecule has 2 heterocycles. The molecule has 0 aromatic carbocycles. The first-order valence-electron chi connectivity index (χ1n) is 14.3. The Kier molecular flexibility index (Phi) is 6.71. The molecule has 4 aliphatic rings. The van der Waals surface area contributed by atoms with Gasteiger partial charge in [0.1, 0.15) is 24.9 Å². The highest BCUT2D eigenvalue weighted by Gasteiger charge is 2.70. The summed E-state index contributed by atoms with van der Waals surface area (Å²) in [6, 6.07) is 0. The molecule has 0 aromatic heterocycles. The second-order valence-electron chi connectivity index (χ2n) is 15.8. The van der Waals surface area contributed by atoms with Gasteiger partial charge in [-0.05, 0) is 48.3 Å². The number of rotatable bonds is 8. The van der Waals surface area contributed by atoms with Crippen LogP contribution in [-0.2, 0) is 33.3 Å². The van der Waals surface area contributed by atoms with E-state index < -0.39 is 38.6 Å². The van der Waals surface area contributed by atoms with E-state index in [1.165, 1.54) is 0 Å². The predicted octanol–water partition coefficient (Wildman–Crippen LogP) is 5.58. The second kappa shape index (κ2) is 8.68. The summed E-state index contributed by atoms with van der Waals surface area (Å²) in [4.78, 5) is 40.7. The van der Waals surface area contributed by atoms with Crippen molar-refractivity contribution < 1.29 is 33.3 Å². The van der Waals surface area contributed by atoms with Crippen molar-refractivity contribution in [2.45, 2.75) is 114 Å². The molecule has 0 radical (unpaired) electrons. The predicted molar refractivity (Wildman–Crippen MR) is 143 cm³/mol. The highest BCUT2D eigenvalue weighted by atomic mass is 16.6. The van der Waals surface area contributed by atoms with Crippen LogP contribution in [0.4, 0.5) is 0 Å². The fourth-order valence-corrected chi connectivity index (χ4v) is 8.03. The van der Waals surface area contributed by atoms with Gasteiger partial charge in [-0.25, -0.2) is 0 Å². The molecule has 7 nitrogen and oxygen atoms in total. The van der Waals surface area contributed by atoms with Gasteiger partial charge in [-0.15, -0.1) is 0 Å². The molecule has 38 heavy (non-hydrogen) atoms. The average molecular weight is 535 g/mol. The minimum Gasteiger partial charge on any atom is -0.462 e. The molecule has 2 aliphatic heterocycles. The average Bonchev–Trinajstić information content (AvgIpc) is 3.36. The van der Waals surface area contributed by atoms with Crippen LogP contribution in [0.2, 0.25) is 0 Å². The van der Waals surface area contributed by atoms with Gasteiger partial charge in [0.25, 0.3) is 0 Å². The van der Waals surface area contributed by atoms with Crippen LogP contribution in [0.25, 0.3) is 0 Å². The maximum absolute atomic E-state index is 14.5. The van der Waals surface area contributed by atoms with Gasteiger partial charge < -0.3 is 18.9 Å². The maximum Gasteiger partial charge on any atom is 0.313 e. The Labute approximate surface area is 229 Å². The lowest BCUT2D eigenvalue weighted by molar-refractivity contribution is -0.223. The lowest BCUT2D eigenvalue weighted by Crippen LogP contribution is -2.65. The quantitative estimate of drug-likeness (QED) is 0.228. The van der Waals surface area contributed by atoms with Crippen LogP contribution in [-0.4, -0.2) is 49.4 Å². The Balaban J connectivity index is 1.70. The minimum absolute atomic E-state index is 0.0276. The van der Waals surface area contributed by atoms with E-state index >= 15 is 0 Å². The second-order valence-corrected chi connectivity index (χ2v) is 15.8. The normalized spacial score (nSPS) is 33.8. The summed E-state index contributed by atoms with van der Waals surface area (Å²) in [6.45, 7) is 25.6. The van der Waals surface area contributed by atoms with Crippen molar-refractivity contribution in [2.24, 2.45) is 50.2 Å². The number of hydrogen-bond donors (Lipinski definition) is 0. The highest BCUT2D eigenvalue weighted by Crippen LogP contribution is 2.68. The van der Waals surface area contributed by atoms with E-state index in [4.69, 9.17) is 18.9 Å². The minimum atomic E-state index is -1.00. The fourth-order valence-electron chi connectivity index (χ4n) is 8.03. The first-order chi connectivity index (χ1) is 17.1. The van der Waals surface area contributed by atoms with E-state index in [2.05, 4.69) is 69.2 Å². The maximum atomic E-state index is 14.5. The largest absolute Gasteiger partial charge is 0.462 e. The number of carbonyl (C=O) groups is 3. The topological polar surface area (TPSA) is 91.4 Å². The fraction of sp³-hybridized carbons (Fsp3) is 0.903. The summed E-state index contributed by atoms with van der Waals surface area (Å²) in [5.74, 6) is -0.437. The molecule has 7 heteroatoms. The first-order valence-corrected chi connectivity index (χ1v) is 14.3. The van der Waals surface area contributed by atoms with E-state index in [-0.39, 0.29) is 54.5 Å². The summed E-state index contributed by atoms with van der Waals surface area (Å²) in [7, 11) is 0. The molecule has 2 saturated carbocycles. The number of esters is 3. The number of fused-ring (bicyclic) bond motifs is 1. The van der Waals surface area contributed by atoms with Crippen molar-refractivity contribution in [1.29, 1.82) is 0 Å². The van der Waals surface area contributed by atoms with Gasteiger partial charge in [-0.3, -0.25) is 14.4 Å². The molecule has 4 rings (SSSR count). The van der Waals surface area contributed by atoms with Crippen LogP contribution in [0.1, 0.15) is 95.9 Å².